The minimum absolute atomic E-state index is 0.0660. The van der Waals surface area contributed by atoms with Crippen molar-refractivity contribution in [2.45, 2.75) is 39.5 Å². The second-order valence-electron chi connectivity index (χ2n) is 4.99. The highest BCUT2D eigenvalue weighted by atomic mass is 16.5. The lowest BCUT2D eigenvalue weighted by Crippen LogP contribution is -2.26. The number of carbonyl (C=O) groups is 1. The van der Waals surface area contributed by atoms with Crippen LogP contribution in [0.15, 0.2) is 18.3 Å². The second-order valence-corrected chi connectivity index (χ2v) is 4.99. The molecular formula is C16H23N3O2. The molecule has 0 atom stereocenters. The summed E-state index contributed by atoms with van der Waals surface area (Å²) in [6.45, 7) is 4.85. The molecule has 114 valence electrons. The third-order valence-corrected chi connectivity index (χ3v) is 3.52. The van der Waals surface area contributed by atoms with Gasteiger partial charge in [-0.1, -0.05) is 26.7 Å². The molecule has 0 unspecified atom stereocenters. The lowest BCUT2D eigenvalue weighted by Gasteiger charge is -2.07. The quantitative estimate of drug-likeness (QED) is 0.797. The molecule has 0 fully saturated rings. The summed E-state index contributed by atoms with van der Waals surface area (Å²) in [7, 11) is 1.61. The van der Waals surface area contributed by atoms with Crippen LogP contribution in [0.25, 0.3) is 5.65 Å². The number of carbonyl (C=O) groups excluding carboxylic acids is 1. The number of imidazole rings is 1. The van der Waals surface area contributed by atoms with Crippen molar-refractivity contribution in [3.63, 3.8) is 0 Å². The third-order valence-electron chi connectivity index (χ3n) is 3.52. The topological polar surface area (TPSA) is 55.6 Å². The van der Waals surface area contributed by atoms with Gasteiger partial charge in [0.05, 0.1) is 12.8 Å². The fourth-order valence-electron chi connectivity index (χ4n) is 2.40. The Hall–Kier alpha value is -2.04. The molecule has 5 nitrogen and oxygen atoms in total. The molecule has 2 aromatic rings. The Labute approximate surface area is 125 Å². The third kappa shape index (κ3) is 3.17. The molecule has 2 heterocycles. The Morgan fingerprint density at radius 1 is 1.38 bits per heavy atom. The van der Waals surface area contributed by atoms with E-state index in [2.05, 4.69) is 17.2 Å². The van der Waals surface area contributed by atoms with Gasteiger partial charge in [0.25, 0.3) is 5.91 Å². The molecule has 0 aliphatic heterocycles. The lowest BCUT2D eigenvalue weighted by molar-refractivity contribution is 0.0946. The molecule has 0 saturated carbocycles. The minimum Gasteiger partial charge on any atom is -0.493 e. The first-order chi connectivity index (χ1) is 10.2. The Balaban J connectivity index is 2.31. The van der Waals surface area contributed by atoms with Crippen LogP contribution in [0.3, 0.4) is 0 Å². The summed E-state index contributed by atoms with van der Waals surface area (Å²) in [4.78, 5) is 17.0. The Kier molecular flexibility index (Phi) is 5.20. The summed E-state index contributed by atoms with van der Waals surface area (Å²) in [5.41, 5.74) is 2.10. The summed E-state index contributed by atoms with van der Waals surface area (Å²) >= 11 is 0. The first kappa shape index (κ1) is 15.4. The summed E-state index contributed by atoms with van der Waals surface area (Å²) < 4.78 is 7.13. The SMILES string of the molecule is CCCCCNC(=O)c1c(CC)nc2c(OC)cccn12. The zero-order valence-corrected chi connectivity index (χ0v) is 13.0. The number of unbranched alkanes of at least 4 members (excludes halogenated alkanes) is 2. The van der Waals surface area contributed by atoms with Crippen molar-refractivity contribution in [2.24, 2.45) is 0 Å². The molecule has 0 radical (unpaired) electrons. The van der Waals surface area contributed by atoms with E-state index in [1.807, 2.05) is 29.7 Å². The molecular weight excluding hydrogens is 266 g/mol. The predicted octanol–water partition coefficient (Wildman–Crippen LogP) is 2.83. The number of aromatic nitrogens is 2. The standard InChI is InChI=1S/C16H23N3O2/c1-4-6-7-10-17-16(20)14-12(5-2)18-15-13(21-3)9-8-11-19(14)15/h8-9,11H,4-7,10H2,1-3H3,(H,17,20). The smallest absolute Gasteiger partial charge is 0.270 e. The van der Waals surface area contributed by atoms with E-state index in [-0.39, 0.29) is 5.91 Å². The zero-order valence-electron chi connectivity index (χ0n) is 13.0. The summed E-state index contributed by atoms with van der Waals surface area (Å²) in [6, 6.07) is 3.71. The van der Waals surface area contributed by atoms with Gasteiger partial charge in [-0.3, -0.25) is 9.20 Å². The number of methoxy groups -OCH3 is 1. The van der Waals surface area contributed by atoms with Crippen molar-refractivity contribution >= 4 is 11.6 Å². The number of ether oxygens (including phenoxy) is 1. The molecule has 2 aromatic heterocycles. The highest BCUT2D eigenvalue weighted by Crippen LogP contribution is 2.22. The van der Waals surface area contributed by atoms with Crippen LogP contribution in [0.4, 0.5) is 0 Å². The molecule has 5 heteroatoms. The Bertz CT molecular complexity index is 619. The number of rotatable bonds is 7. The normalized spacial score (nSPS) is 10.8. The van der Waals surface area contributed by atoms with E-state index in [1.54, 1.807) is 7.11 Å². The van der Waals surface area contributed by atoms with Gasteiger partial charge < -0.3 is 10.1 Å². The molecule has 1 amide bonds. The van der Waals surface area contributed by atoms with Gasteiger partial charge in [-0.25, -0.2) is 4.98 Å². The van der Waals surface area contributed by atoms with E-state index in [4.69, 9.17) is 4.74 Å². The van der Waals surface area contributed by atoms with E-state index in [1.165, 1.54) is 0 Å². The van der Waals surface area contributed by atoms with Crippen molar-refractivity contribution < 1.29 is 9.53 Å². The Morgan fingerprint density at radius 2 is 2.19 bits per heavy atom. The average Bonchev–Trinajstić information content (AvgIpc) is 2.89. The maximum absolute atomic E-state index is 12.4. The van der Waals surface area contributed by atoms with Gasteiger partial charge in [-0.15, -0.1) is 0 Å². The number of nitrogens with one attached hydrogen (secondary N) is 1. The number of pyridine rings is 1. The predicted molar refractivity (Wildman–Crippen MR) is 83.0 cm³/mol. The van der Waals surface area contributed by atoms with E-state index < -0.39 is 0 Å². The van der Waals surface area contributed by atoms with Crippen LogP contribution in [0.5, 0.6) is 5.75 Å². The van der Waals surface area contributed by atoms with Crippen LogP contribution in [-0.2, 0) is 6.42 Å². The molecule has 0 bridgehead atoms. The largest absolute Gasteiger partial charge is 0.493 e. The maximum Gasteiger partial charge on any atom is 0.270 e. The molecule has 0 aliphatic carbocycles. The van der Waals surface area contributed by atoms with E-state index in [9.17, 15) is 4.79 Å². The lowest BCUT2D eigenvalue weighted by atomic mass is 10.2. The van der Waals surface area contributed by atoms with Gasteiger partial charge in [0.15, 0.2) is 11.4 Å². The summed E-state index contributed by atoms with van der Waals surface area (Å²) in [5.74, 6) is 0.612. The summed E-state index contributed by atoms with van der Waals surface area (Å²) in [6.07, 6.45) is 5.84. The van der Waals surface area contributed by atoms with Crippen LogP contribution in [0.2, 0.25) is 0 Å². The first-order valence-electron chi connectivity index (χ1n) is 7.55. The second kappa shape index (κ2) is 7.11. The molecule has 0 saturated heterocycles. The van der Waals surface area contributed by atoms with Gasteiger partial charge in [0, 0.05) is 12.7 Å². The zero-order chi connectivity index (χ0) is 15.2. The van der Waals surface area contributed by atoms with Gasteiger partial charge in [0.2, 0.25) is 0 Å². The highest BCUT2D eigenvalue weighted by Gasteiger charge is 2.19. The van der Waals surface area contributed by atoms with Crippen LogP contribution >= 0.6 is 0 Å². The molecule has 21 heavy (non-hydrogen) atoms. The van der Waals surface area contributed by atoms with Crippen molar-refractivity contribution in [3.05, 3.63) is 29.7 Å². The van der Waals surface area contributed by atoms with Gasteiger partial charge >= 0.3 is 0 Å². The van der Waals surface area contributed by atoms with E-state index in [0.717, 1.165) is 25.0 Å². The van der Waals surface area contributed by atoms with Crippen molar-refractivity contribution in [3.8, 4) is 5.75 Å². The molecule has 1 N–H and O–H groups in total. The number of amides is 1. The van der Waals surface area contributed by atoms with Crippen LogP contribution < -0.4 is 10.1 Å². The number of hydrogen-bond acceptors (Lipinski definition) is 3. The van der Waals surface area contributed by atoms with E-state index in [0.29, 0.717) is 30.1 Å². The highest BCUT2D eigenvalue weighted by molar-refractivity contribution is 5.95. The van der Waals surface area contributed by atoms with Crippen molar-refractivity contribution in [2.75, 3.05) is 13.7 Å². The molecule has 0 aromatic carbocycles. The van der Waals surface area contributed by atoms with Crippen molar-refractivity contribution in [1.82, 2.24) is 14.7 Å². The average molecular weight is 289 g/mol. The van der Waals surface area contributed by atoms with Gasteiger partial charge in [-0.05, 0) is 25.0 Å². The van der Waals surface area contributed by atoms with Crippen molar-refractivity contribution in [1.29, 1.82) is 0 Å². The Morgan fingerprint density at radius 3 is 2.86 bits per heavy atom. The molecule has 0 aliphatic rings. The monoisotopic (exact) mass is 289 g/mol. The molecule has 2 rings (SSSR count). The fourth-order valence-corrected chi connectivity index (χ4v) is 2.40. The summed E-state index contributed by atoms with van der Waals surface area (Å²) in [5, 5.41) is 2.98. The van der Waals surface area contributed by atoms with Gasteiger partial charge in [0.1, 0.15) is 5.69 Å². The first-order valence-corrected chi connectivity index (χ1v) is 7.55. The fraction of sp³-hybridized carbons (Fsp3) is 0.500. The number of aryl methyl sites for hydroxylation is 1. The molecule has 0 spiro atoms. The van der Waals surface area contributed by atoms with Gasteiger partial charge in [-0.2, -0.15) is 0 Å². The van der Waals surface area contributed by atoms with Crippen LogP contribution in [-0.4, -0.2) is 28.9 Å². The van der Waals surface area contributed by atoms with Crippen LogP contribution in [0, 0.1) is 0 Å². The number of hydrogen-bond donors (Lipinski definition) is 1. The van der Waals surface area contributed by atoms with Crippen LogP contribution in [0.1, 0.15) is 49.3 Å². The minimum atomic E-state index is -0.0660. The number of fused-ring (bicyclic) bond motifs is 1. The maximum atomic E-state index is 12.4. The number of nitrogens with zero attached hydrogens (tertiary/aromatic N) is 2. The van der Waals surface area contributed by atoms with E-state index >= 15 is 0 Å².